The fourth-order valence-corrected chi connectivity index (χ4v) is 9.26. The molecule has 1 heteroatoms. The predicted molar refractivity (Wildman–Crippen MR) is 119 cm³/mol. The molecular weight excluding hydrogens is 340 g/mol. The van der Waals surface area contributed by atoms with Gasteiger partial charge in [0.25, 0.3) is 0 Å². The molecular formula is C27H48O. The van der Waals surface area contributed by atoms with Crippen LogP contribution in [0, 0.1) is 52.3 Å². The Hall–Kier alpha value is -0.0400. The van der Waals surface area contributed by atoms with E-state index in [0.29, 0.717) is 10.8 Å². The first-order chi connectivity index (χ1) is 13.3. The van der Waals surface area contributed by atoms with Gasteiger partial charge >= 0.3 is 0 Å². The first kappa shape index (κ1) is 21.2. The SMILES string of the molecule is CC(C)CCCC(C)[C@H]1CCC2C3CC[C@@H]4C[C@@H](O)CC[C@]4(C)C3CC[C@@]21C. The van der Waals surface area contributed by atoms with Gasteiger partial charge < -0.3 is 5.11 Å². The lowest BCUT2D eigenvalue weighted by Gasteiger charge is -2.61. The highest BCUT2D eigenvalue weighted by Crippen LogP contribution is 2.68. The van der Waals surface area contributed by atoms with E-state index < -0.39 is 0 Å². The molecule has 0 amide bonds. The van der Waals surface area contributed by atoms with Crippen molar-refractivity contribution in [1.29, 1.82) is 0 Å². The van der Waals surface area contributed by atoms with E-state index in [2.05, 4.69) is 34.6 Å². The minimum Gasteiger partial charge on any atom is -0.393 e. The zero-order valence-corrected chi connectivity index (χ0v) is 19.6. The second kappa shape index (κ2) is 7.90. The molecule has 4 saturated carbocycles. The summed E-state index contributed by atoms with van der Waals surface area (Å²) in [5.74, 6) is 6.49. The highest BCUT2D eigenvalue weighted by Gasteiger charge is 2.60. The van der Waals surface area contributed by atoms with Crippen LogP contribution in [-0.4, -0.2) is 11.2 Å². The first-order valence-electron chi connectivity index (χ1n) is 12.9. The molecule has 28 heavy (non-hydrogen) atoms. The van der Waals surface area contributed by atoms with E-state index in [9.17, 15) is 5.11 Å². The smallest absolute Gasteiger partial charge is 0.0543 e. The minimum atomic E-state index is -0.00830. The van der Waals surface area contributed by atoms with Crippen molar-refractivity contribution in [3.05, 3.63) is 0 Å². The lowest BCUT2D eigenvalue weighted by atomic mass is 9.44. The largest absolute Gasteiger partial charge is 0.393 e. The molecule has 4 aliphatic carbocycles. The van der Waals surface area contributed by atoms with Crippen LogP contribution in [0.3, 0.4) is 0 Å². The standard InChI is InChI=1S/C27H48O/c1-18(2)7-6-8-19(3)23-11-12-24-22-10-9-20-17-21(28)13-15-26(20,4)25(22)14-16-27(23,24)5/h18-25,28H,6-17H2,1-5H3/t19?,20-,21+,22?,23-,24?,25?,26+,27-/m1/s1. The summed E-state index contributed by atoms with van der Waals surface area (Å²) in [5, 5.41) is 10.3. The number of aliphatic hydroxyl groups is 1. The van der Waals surface area contributed by atoms with E-state index in [1.54, 1.807) is 0 Å². The number of hydrogen-bond donors (Lipinski definition) is 1. The Labute approximate surface area is 175 Å². The van der Waals surface area contributed by atoms with Crippen molar-refractivity contribution in [2.24, 2.45) is 52.3 Å². The summed E-state index contributed by atoms with van der Waals surface area (Å²) in [4.78, 5) is 0. The quantitative estimate of drug-likeness (QED) is 0.518. The third kappa shape index (κ3) is 3.50. The Morgan fingerprint density at radius 2 is 1.54 bits per heavy atom. The maximum Gasteiger partial charge on any atom is 0.0543 e. The fourth-order valence-electron chi connectivity index (χ4n) is 9.26. The van der Waals surface area contributed by atoms with Crippen LogP contribution in [0.4, 0.5) is 0 Å². The van der Waals surface area contributed by atoms with Crippen LogP contribution in [0.25, 0.3) is 0 Å². The highest BCUT2D eigenvalue weighted by atomic mass is 16.3. The molecule has 0 heterocycles. The van der Waals surface area contributed by atoms with E-state index in [1.165, 1.54) is 64.2 Å². The van der Waals surface area contributed by atoms with Gasteiger partial charge in [0.05, 0.1) is 6.10 Å². The lowest BCUT2D eigenvalue weighted by Crippen LogP contribution is -2.54. The van der Waals surface area contributed by atoms with Gasteiger partial charge in [-0.05, 0) is 110 Å². The molecule has 162 valence electrons. The molecule has 0 bridgehead atoms. The summed E-state index contributed by atoms with van der Waals surface area (Å²) in [6.45, 7) is 12.7. The van der Waals surface area contributed by atoms with Crippen molar-refractivity contribution in [3.63, 3.8) is 0 Å². The second-order valence-electron chi connectivity index (χ2n) is 12.6. The number of fused-ring (bicyclic) bond motifs is 5. The van der Waals surface area contributed by atoms with Crippen LogP contribution in [-0.2, 0) is 0 Å². The molecule has 1 N–H and O–H groups in total. The minimum absolute atomic E-state index is 0.00830. The summed E-state index contributed by atoms with van der Waals surface area (Å²) in [6.07, 6.45) is 16.6. The van der Waals surface area contributed by atoms with Crippen LogP contribution < -0.4 is 0 Å². The third-order valence-corrected chi connectivity index (χ3v) is 10.8. The van der Waals surface area contributed by atoms with Gasteiger partial charge in [0.1, 0.15) is 0 Å². The molecule has 0 aromatic carbocycles. The molecule has 0 saturated heterocycles. The Bertz CT molecular complexity index is 540. The molecule has 4 unspecified atom stereocenters. The van der Waals surface area contributed by atoms with Gasteiger partial charge in [0.2, 0.25) is 0 Å². The summed E-state index contributed by atoms with van der Waals surface area (Å²) in [5.41, 5.74) is 1.15. The van der Waals surface area contributed by atoms with Crippen molar-refractivity contribution in [2.75, 3.05) is 0 Å². The van der Waals surface area contributed by atoms with E-state index in [1.807, 2.05) is 0 Å². The molecule has 9 atom stereocenters. The van der Waals surface area contributed by atoms with Gasteiger partial charge in [-0.15, -0.1) is 0 Å². The fraction of sp³-hybridized carbons (Fsp3) is 1.00. The second-order valence-corrected chi connectivity index (χ2v) is 12.6. The van der Waals surface area contributed by atoms with Gasteiger partial charge in [-0.1, -0.05) is 53.9 Å². The Balaban J connectivity index is 1.46. The van der Waals surface area contributed by atoms with E-state index >= 15 is 0 Å². The number of aliphatic hydroxyl groups excluding tert-OH is 1. The van der Waals surface area contributed by atoms with Crippen LogP contribution in [0.1, 0.15) is 112 Å². The van der Waals surface area contributed by atoms with E-state index in [-0.39, 0.29) is 6.10 Å². The third-order valence-electron chi connectivity index (χ3n) is 10.8. The molecule has 0 aliphatic heterocycles. The number of rotatable bonds is 5. The van der Waals surface area contributed by atoms with Gasteiger partial charge in [-0.25, -0.2) is 0 Å². The molecule has 0 radical (unpaired) electrons. The molecule has 1 nitrogen and oxygen atoms in total. The van der Waals surface area contributed by atoms with E-state index in [0.717, 1.165) is 54.3 Å². The van der Waals surface area contributed by atoms with Crippen molar-refractivity contribution in [2.45, 2.75) is 118 Å². The monoisotopic (exact) mass is 388 g/mol. The van der Waals surface area contributed by atoms with Crippen molar-refractivity contribution < 1.29 is 5.11 Å². The van der Waals surface area contributed by atoms with Crippen molar-refractivity contribution in [1.82, 2.24) is 0 Å². The molecule has 4 fully saturated rings. The summed E-state index contributed by atoms with van der Waals surface area (Å²) in [7, 11) is 0. The normalized spacial score (nSPS) is 49.4. The Morgan fingerprint density at radius 3 is 2.29 bits per heavy atom. The van der Waals surface area contributed by atoms with Crippen LogP contribution in [0.15, 0.2) is 0 Å². The van der Waals surface area contributed by atoms with Gasteiger partial charge in [0.15, 0.2) is 0 Å². The summed E-state index contributed by atoms with van der Waals surface area (Å²) < 4.78 is 0. The topological polar surface area (TPSA) is 20.2 Å². The average Bonchev–Trinajstić information content (AvgIpc) is 2.99. The zero-order valence-electron chi connectivity index (χ0n) is 19.6. The van der Waals surface area contributed by atoms with Gasteiger partial charge in [0, 0.05) is 0 Å². The van der Waals surface area contributed by atoms with Crippen LogP contribution >= 0.6 is 0 Å². The molecule has 0 aromatic rings. The molecule has 0 spiro atoms. The van der Waals surface area contributed by atoms with Gasteiger partial charge in [-0.3, -0.25) is 0 Å². The van der Waals surface area contributed by atoms with Crippen molar-refractivity contribution in [3.8, 4) is 0 Å². The zero-order chi connectivity index (χ0) is 20.1. The Kier molecular flexibility index (Phi) is 5.98. The van der Waals surface area contributed by atoms with Crippen LogP contribution in [0.2, 0.25) is 0 Å². The predicted octanol–water partition coefficient (Wildman–Crippen LogP) is 7.47. The average molecular weight is 389 g/mol. The first-order valence-corrected chi connectivity index (χ1v) is 12.9. The molecule has 4 aliphatic rings. The highest BCUT2D eigenvalue weighted by molar-refractivity contribution is 5.09. The molecule has 0 aromatic heterocycles. The van der Waals surface area contributed by atoms with Gasteiger partial charge in [-0.2, -0.15) is 0 Å². The van der Waals surface area contributed by atoms with Crippen LogP contribution in [0.5, 0.6) is 0 Å². The lowest BCUT2D eigenvalue weighted by molar-refractivity contribution is -0.129. The maximum absolute atomic E-state index is 10.3. The van der Waals surface area contributed by atoms with E-state index in [4.69, 9.17) is 0 Å². The Morgan fingerprint density at radius 1 is 0.821 bits per heavy atom. The summed E-state index contributed by atoms with van der Waals surface area (Å²) in [6, 6.07) is 0. The van der Waals surface area contributed by atoms with Crippen molar-refractivity contribution >= 4 is 0 Å². The maximum atomic E-state index is 10.3. The number of hydrogen-bond acceptors (Lipinski definition) is 1. The summed E-state index contributed by atoms with van der Waals surface area (Å²) >= 11 is 0. The molecule has 4 rings (SSSR count).